The third-order valence-electron chi connectivity index (χ3n) is 6.45. The van der Waals surface area contributed by atoms with Crippen LogP contribution in [0.5, 0.6) is 17.2 Å². The largest absolute Gasteiger partial charge is 0.497 e. The minimum Gasteiger partial charge on any atom is -0.497 e. The smallest absolute Gasteiger partial charge is 0.298 e. The van der Waals surface area contributed by atoms with Crippen LogP contribution in [0.15, 0.2) is 106 Å². The Balaban J connectivity index is 0.00000280. The lowest BCUT2D eigenvalue weighted by molar-refractivity contribution is 0.414. The van der Waals surface area contributed by atoms with Gasteiger partial charge in [0.2, 0.25) is 9.84 Å². The minimum absolute atomic E-state index is 0. The number of rotatable bonds is 8. The maximum Gasteiger partial charge on any atom is 0.298 e. The number of sulfone groups is 1. The van der Waals surface area contributed by atoms with Gasteiger partial charge < -0.3 is 9.47 Å². The summed E-state index contributed by atoms with van der Waals surface area (Å²) in [5.41, 5.74) is 2.20. The van der Waals surface area contributed by atoms with Crippen molar-refractivity contribution in [3.8, 4) is 17.2 Å². The normalized spacial score (nSPS) is 11.6. The standard InChI is InChI=1S/C29H28O7S2.2CH4/c1-20-5-7-21(8-6-20)29(2,3)22-9-18-27(28(19-22)38(32,33)34)36-24-12-16-26(17-13-24)37(30,31)25-14-10-23(35-4)11-15-25;;/h5-19H,1-4H3,(H,32,33,34);2*1H4. The van der Waals surface area contributed by atoms with Crippen LogP contribution in [0.1, 0.15) is 45.4 Å². The van der Waals surface area contributed by atoms with Crippen molar-refractivity contribution in [2.24, 2.45) is 0 Å². The molecule has 0 amide bonds. The van der Waals surface area contributed by atoms with Gasteiger partial charge in [-0.1, -0.05) is 64.6 Å². The average molecular weight is 585 g/mol. The Bertz CT molecular complexity index is 1660. The zero-order chi connectivity index (χ0) is 27.7. The Morgan fingerprint density at radius 2 is 1.15 bits per heavy atom. The van der Waals surface area contributed by atoms with Gasteiger partial charge in [-0.3, -0.25) is 4.55 Å². The van der Waals surface area contributed by atoms with E-state index in [1.165, 1.54) is 55.6 Å². The molecule has 7 nitrogen and oxygen atoms in total. The van der Waals surface area contributed by atoms with Crippen LogP contribution in [0, 0.1) is 6.92 Å². The van der Waals surface area contributed by atoms with E-state index in [0.717, 1.165) is 11.1 Å². The maximum absolute atomic E-state index is 13.0. The summed E-state index contributed by atoms with van der Waals surface area (Å²) in [5.74, 6) is 0.659. The topological polar surface area (TPSA) is 107 Å². The third-order valence-corrected chi connectivity index (χ3v) is 9.11. The molecule has 0 aromatic heterocycles. The van der Waals surface area contributed by atoms with Crippen LogP contribution >= 0.6 is 0 Å². The summed E-state index contributed by atoms with van der Waals surface area (Å²) in [6.07, 6.45) is 0. The van der Waals surface area contributed by atoms with E-state index in [1.807, 2.05) is 45.0 Å². The predicted octanol–water partition coefficient (Wildman–Crippen LogP) is 7.47. The SMILES string of the molecule is C.C.COc1ccc(S(=O)(=O)c2ccc(Oc3ccc(C(C)(C)c4ccc(C)cc4)cc3S(=O)(=O)O)cc2)cc1. The van der Waals surface area contributed by atoms with E-state index in [4.69, 9.17) is 9.47 Å². The molecule has 0 fully saturated rings. The molecule has 9 heteroatoms. The highest BCUT2D eigenvalue weighted by Gasteiger charge is 2.27. The molecule has 214 valence electrons. The Labute approximate surface area is 238 Å². The molecule has 0 spiro atoms. The highest BCUT2D eigenvalue weighted by molar-refractivity contribution is 7.91. The van der Waals surface area contributed by atoms with E-state index in [2.05, 4.69) is 0 Å². The van der Waals surface area contributed by atoms with Gasteiger partial charge in [0.1, 0.15) is 22.1 Å². The molecule has 4 aromatic rings. The van der Waals surface area contributed by atoms with E-state index in [0.29, 0.717) is 11.3 Å². The fourth-order valence-corrected chi connectivity index (χ4v) is 5.93. The fraction of sp³-hybridized carbons (Fsp3) is 0.226. The van der Waals surface area contributed by atoms with Crippen LogP contribution in [0.3, 0.4) is 0 Å². The van der Waals surface area contributed by atoms with Crippen LogP contribution in [0.4, 0.5) is 0 Å². The number of hydrogen-bond acceptors (Lipinski definition) is 6. The lowest BCUT2D eigenvalue weighted by Gasteiger charge is -2.27. The first kappa shape index (κ1) is 32.6. The summed E-state index contributed by atoms with van der Waals surface area (Å²) in [4.78, 5) is -0.238. The first-order valence-corrected chi connectivity index (χ1v) is 14.6. The van der Waals surface area contributed by atoms with E-state index in [9.17, 15) is 21.4 Å². The predicted molar refractivity (Wildman–Crippen MR) is 158 cm³/mol. The van der Waals surface area contributed by atoms with Crippen molar-refractivity contribution < 1.29 is 30.9 Å². The van der Waals surface area contributed by atoms with Gasteiger partial charge in [-0.15, -0.1) is 0 Å². The molecule has 4 aromatic carbocycles. The Morgan fingerprint density at radius 1 is 0.675 bits per heavy atom. The molecule has 0 aliphatic carbocycles. The molecule has 0 atom stereocenters. The zero-order valence-corrected chi connectivity index (χ0v) is 23.0. The highest BCUT2D eigenvalue weighted by atomic mass is 32.2. The van der Waals surface area contributed by atoms with Gasteiger partial charge in [-0.25, -0.2) is 8.42 Å². The van der Waals surface area contributed by atoms with Crippen molar-refractivity contribution in [3.05, 3.63) is 108 Å². The highest BCUT2D eigenvalue weighted by Crippen LogP contribution is 2.37. The Morgan fingerprint density at radius 3 is 1.62 bits per heavy atom. The summed E-state index contributed by atoms with van der Waals surface area (Å²) in [6.45, 7) is 5.91. The lowest BCUT2D eigenvalue weighted by Crippen LogP contribution is -2.19. The van der Waals surface area contributed by atoms with Gasteiger partial charge in [0.25, 0.3) is 10.1 Å². The second kappa shape index (κ2) is 12.2. The molecule has 0 radical (unpaired) electrons. The summed E-state index contributed by atoms with van der Waals surface area (Å²) < 4.78 is 71.3. The molecule has 40 heavy (non-hydrogen) atoms. The van der Waals surface area contributed by atoms with Crippen molar-refractivity contribution in [1.82, 2.24) is 0 Å². The third kappa shape index (κ3) is 6.72. The minimum atomic E-state index is -4.63. The molecule has 0 bridgehead atoms. The van der Waals surface area contributed by atoms with Crippen LogP contribution in [-0.2, 0) is 25.4 Å². The number of aryl methyl sites for hydroxylation is 1. The second-order valence-electron chi connectivity index (χ2n) is 9.38. The quantitative estimate of drug-likeness (QED) is 0.214. The number of ether oxygens (including phenoxy) is 2. The number of benzene rings is 4. The summed E-state index contributed by atoms with van der Waals surface area (Å²) in [7, 11) is -6.92. The van der Waals surface area contributed by atoms with Crippen molar-refractivity contribution in [2.45, 2.75) is 55.7 Å². The first-order chi connectivity index (χ1) is 17.8. The van der Waals surface area contributed by atoms with E-state index in [1.54, 1.807) is 18.2 Å². The van der Waals surface area contributed by atoms with Gasteiger partial charge in [0.05, 0.1) is 16.9 Å². The fourth-order valence-electron chi connectivity index (χ4n) is 4.02. The van der Waals surface area contributed by atoms with Crippen LogP contribution in [0.2, 0.25) is 0 Å². The van der Waals surface area contributed by atoms with E-state index in [-0.39, 0.29) is 41.0 Å². The zero-order valence-electron chi connectivity index (χ0n) is 21.4. The van der Waals surface area contributed by atoms with Gasteiger partial charge in [0, 0.05) is 5.41 Å². The maximum atomic E-state index is 13.0. The molecule has 0 saturated carbocycles. The van der Waals surface area contributed by atoms with Gasteiger partial charge >= 0.3 is 0 Å². The van der Waals surface area contributed by atoms with Crippen molar-refractivity contribution in [3.63, 3.8) is 0 Å². The Kier molecular flexibility index (Phi) is 9.96. The summed E-state index contributed by atoms with van der Waals surface area (Å²) >= 11 is 0. The summed E-state index contributed by atoms with van der Waals surface area (Å²) in [5, 5.41) is 0. The van der Waals surface area contributed by atoms with Crippen molar-refractivity contribution >= 4 is 20.0 Å². The molecule has 0 unspecified atom stereocenters. The monoisotopic (exact) mass is 584 g/mol. The molecule has 1 N–H and O–H groups in total. The first-order valence-electron chi connectivity index (χ1n) is 11.7. The van der Waals surface area contributed by atoms with E-state index < -0.39 is 25.4 Å². The molecular formula is C31H36O7S2. The molecule has 0 aliphatic heterocycles. The van der Waals surface area contributed by atoms with Gasteiger partial charge in [-0.05, 0) is 78.7 Å². The van der Waals surface area contributed by atoms with Crippen LogP contribution < -0.4 is 9.47 Å². The van der Waals surface area contributed by atoms with Crippen molar-refractivity contribution in [1.29, 1.82) is 0 Å². The molecule has 0 aliphatic rings. The molecular weight excluding hydrogens is 548 g/mol. The van der Waals surface area contributed by atoms with Crippen molar-refractivity contribution in [2.75, 3.05) is 7.11 Å². The van der Waals surface area contributed by atoms with Gasteiger partial charge in [-0.2, -0.15) is 8.42 Å². The lowest BCUT2D eigenvalue weighted by atomic mass is 9.78. The van der Waals surface area contributed by atoms with Crippen LogP contribution in [0.25, 0.3) is 0 Å². The molecule has 4 rings (SSSR count). The average Bonchev–Trinajstić information content (AvgIpc) is 2.89. The van der Waals surface area contributed by atoms with Gasteiger partial charge in [0.15, 0.2) is 0 Å². The van der Waals surface area contributed by atoms with Crippen LogP contribution in [-0.4, -0.2) is 28.5 Å². The summed E-state index contributed by atoms with van der Waals surface area (Å²) in [6, 6.07) is 24.2. The molecule has 0 heterocycles. The number of hydrogen-bond donors (Lipinski definition) is 1. The van der Waals surface area contributed by atoms with E-state index >= 15 is 0 Å². The second-order valence-corrected chi connectivity index (χ2v) is 12.7. The number of methoxy groups -OCH3 is 1. The Hall–Kier alpha value is -3.66. The molecule has 0 saturated heterocycles.